The van der Waals surface area contributed by atoms with Crippen LogP contribution in [0.25, 0.3) is 0 Å². The number of benzene rings is 1. The van der Waals surface area contributed by atoms with E-state index in [2.05, 4.69) is 29.7 Å². The number of hydrogen-bond acceptors (Lipinski definition) is 2. The summed E-state index contributed by atoms with van der Waals surface area (Å²) in [6.07, 6.45) is 8.08. The number of aryl methyl sites for hydroxylation is 1. The Bertz CT molecular complexity index is 528. The van der Waals surface area contributed by atoms with Gasteiger partial charge in [0.25, 0.3) is 0 Å². The fourth-order valence-corrected chi connectivity index (χ4v) is 3.11. The number of carbonyl (C=O) groups is 2. The fourth-order valence-electron chi connectivity index (χ4n) is 3.11. The number of rotatable bonds is 9. The van der Waals surface area contributed by atoms with Crippen molar-refractivity contribution < 1.29 is 9.59 Å². The molecule has 0 aromatic heterocycles. The SMILES string of the molecule is CCCCCCCC(=O)NCC(=O)N[C@H]1CCc2ccccc21. The van der Waals surface area contributed by atoms with Gasteiger partial charge in [0.15, 0.2) is 0 Å². The third-order valence-electron chi connectivity index (χ3n) is 4.42. The normalized spacial score (nSPS) is 16.0. The van der Waals surface area contributed by atoms with Gasteiger partial charge in [0.2, 0.25) is 11.8 Å². The van der Waals surface area contributed by atoms with E-state index >= 15 is 0 Å². The lowest BCUT2D eigenvalue weighted by Crippen LogP contribution is -2.38. The van der Waals surface area contributed by atoms with Gasteiger partial charge in [-0.3, -0.25) is 9.59 Å². The van der Waals surface area contributed by atoms with Crippen molar-refractivity contribution in [3.63, 3.8) is 0 Å². The Morgan fingerprint density at radius 3 is 2.70 bits per heavy atom. The van der Waals surface area contributed by atoms with Gasteiger partial charge in [0, 0.05) is 6.42 Å². The molecule has 0 spiro atoms. The summed E-state index contributed by atoms with van der Waals surface area (Å²) in [5, 5.41) is 5.74. The molecule has 0 bridgehead atoms. The summed E-state index contributed by atoms with van der Waals surface area (Å²) < 4.78 is 0. The molecule has 2 rings (SSSR count). The van der Waals surface area contributed by atoms with Gasteiger partial charge in [-0.25, -0.2) is 0 Å². The van der Waals surface area contributed by atoms with Crippen LogP contribution in [0.3, 0.4) is 0 Å². The minimum Gasteiger partial charge on any atom is -0.348 e. The number of unbranched alkanes of at least 4 members (excludes halogenated alkanes) is 4. The average Bonchev–Trinajstić information content (AvgIpc) is 2.96. The highest BCUT2D eigenvalue weighted by molar-refractivity contribution is 5.84. The Morgan fingerprint density at radius 2 is 1.87 bits per heavy atom. The first-order chi connectivity index (χ1) is 11.2. The van der Waals surface area contributed by atoms with E-state index in [0.29, 0.717) is 6.42 Å². The summed E-state index contributed by atoms with van der Waals surface area (Å²) in [7, 11) is 0. The number of amides is 2. The van der Waals surface area contributed by atoms with Crippen LogP contribution >= 0.6 is 0 Å². The van der Waals surface area contributed by atoms with Crippen LogP contribution in [0.5, 0.6) is 0 Å². The van der Waals surface area contributed by atoms with Crippen LogP contribution in [-0.4, -0.2) is 18.4 Å². The van der Waals surface area contributed by atoms with Crippen LogP contribution in [0.2, 0.25) is 0 Å². The van der Waals surface area contributed by atoms with Crippen LogP contribution in [0.1, 0.15) is 69.0 Å². The Morgan fingerprint density at radius 1 is 1.09 bits per heavy atom. The van der Waals surface area contributed by atoms with Gasteiger partial charge in [-0.05, 0) is 30.4 Å². The van der Waals surface area contributed by atoms with Crippen LogP contribution in [0, 0.1) is 0 Å². The molecule has 0 saturated heterocycles. The van der Waals surface area contributed by atoms with E-state index in [1.54, 1.807) is 0 Å². The molecule has 0 radical (unpaired) electrons. The minimum absolute atomic E-state index is 0.0246. The van der Waals surface area contributed by atoms with Crippen LogP contribution in [-0.2, 0) is 16.0 Å². The first-order valence-electron chi connectivity index (χ1n) is 8.84. The Balaban J connectivity index is 1.63. The van der Waals surface area contributed by atoms with Crippen molar-refractivity contribution >= 4 is 11.8 Å². The van der Waals surface area contributed by atoms with Crippen LogP contribution < -0.4 is 10.6 Å². The number of fused-ring (bicyclic) bond motifs is 1. The maximum absolute atomic E-state index is 12.0. The van der Waals surface area contributed by atoms with Crippen molar-refractivity contribution in [3.05, 3.63) is 35.4 Å². The predicted octanol–water partition coefficient (Wildman–Crippen LogP) is 3.27. The van der Waals surface area contributed by atoms with Gasteiger partial charge >= 0.3 is 0 Å². The lowest BCUT2D eigenvalue weighted by molar-refractivity contribution is -0.126. The second-order valence-corrected chi connectivity index (χ2v) is 6.30. The molecule has 1 aliphatic rings. The van der Waals surface area contributed by atoms with Crippen LogP contribution in [0.4, 0.5) is 0 Å². The van der Waals surface area contributed by atoms with Crippen molar-refractivity contribution in [1.82, 2.24) is 10.6 Å². The third kappa shape index (κ3) is 5.70. The summed E-state index contributed by atoms with van der Waals surface area (Å²) >= 11 is 0. The second kappa shape index (κ2) is 9.33. The lowest BCUT2D eigenvalue weighted by Gasteiger charge is -2.14. The molecular weight excluding hydrogens is 288 g/mol. The molecule has 1 aliphatic carbocycles. The first kappa shape index (κ1) is 17.5. The van der Waals surface area contributed by atoms with Gasteiger partial charge in [0.05, 0.1) is 12.6 Å². The van der Waals surface area contributed by atoms with E-state index in [1.807, 2.05) is 12.1 Å². The Labute approximate surface area is 139 Å². The van der Waals surface area contributed by atoms with Gasteiger partial charge in [-0.1, -0.05) is 56.9 Å². The highest BCUT2D eigenvalue weighted by atomic mass is 16.2. The predicted molar refractivity (Wildman–Crippen MR) is 92.0 cm³/mol. The second-order valence-electron chi connectivity index (χ2n) is 6.30. The van der Waals surface area contributed by atoms with Crippen molar-refractivity contribution in [1.29, 1.82) is 0 Å². The van der Waals surface area contributed by atoms with Crippen molar-refractivity contribution in [3.8, 4) is 0 Å². The molecule has 4 nitrogen and oxygen atoms in total. The summed E-state index contributed by atoms with van der Waals surface area (Å²) in [5.41, 5.74) is 2.53. The molecule has 1 aromatic carbocycles. The van der Waals surface area contributed by atoms with E-state index in [9.17, 15) is 9.59 Å². The topological polar surface area (TPSA) is 58.2 Å². The molecule has 0 heterocycles. The maximum atomic E-state index is 12.0. The molecule has 1 atom stereocenters. The van der Waals surface area contributed by atoms with Gasteiger partial charge in [-0.15, -0.1) is 0 Å². The van der Waals surface area contributed by atoms with E-state index in [1.165, 1.54) is 30.4 Å². The third-order valence-corrected chi connectivity index (χ3v) is 4.42. The number of hydrogen-bond donors (Lipinski definition) is 2. The number of carbonyl (C=O) groups excluding carboxylic acids is 2. The molecule has 2 amide bonds. The summed E-state index contributed by atoms with van der Waals surface area (Å²) in [5.74, 6) is -0.130. The summed E-state index contributed by atoms with van der Waals surface area (Å²) in [6.45, 7) is 2.25. The lowest BCUT2D eigenvalue weighted by atomic mass is 10.1. The average molecular weight is 316 g/mol. The van der Waals surface area contributed by atoms with Crippen molar-refractivity contribution in [2.45, 2.75) is 64.3 Å². The van der Waals surface area contributed by atoms with E-state index in [4.69, 9.17) is 0 Å². The molecule has 0 unspecified atom stereocenters. The highest BCUT2D eigenvalue weighted by Crippen LogP contribution is 2.30. The van der Waals surface area contributed by atoms with Crippen molar-refractivity contribution in [2.75, 3.05) is 6.54 Å². The molecule has 126 valence electrons. The fraction of sp³-hybridized carbons (Fsp3) is 0.579. The van der Waals surface area contributed by atoms with Crippen LogP contribution in [0.15, 0.2) is 24.3 Å². The molecule has 2 N–H and O–H groups in total. The Hall–Kier alpha value is -1.84. The van der Waals surface area contributed by atoms with Gasteiger partial charge in [-0.2, -0.15) is 0 Å². The quantitative estimate of drug-likeness (QED) is 0.687. The zero-order chi connectivity index (χ0) is 16.5. The molecule has 0 fully saturated rings. The number of nitrogens with one attached hydrogen (secondary N) is 2. The standard InChI is InChI=1S/C19H28N2O2/c1-2-3-4-5-6-11-18(22)20-14-19(23)21-17-13-12-15-9-7-8-10-16(15)17/h7-10,17H,2-6,11-14H2,1H3,(H,20,22)(H,21,23)/t17-/m0/s1. The highest BCUT2D eigenvalue weighted by Gasteiger charge is 2.23. The summed E-state index contributed by atoms with van der Waals surface area (Å²) in [6, 6.07) is 8.31. The van der Waals surface area contributed by atoms with Gasteiger partial charge < -0.3 is 10.6 Å². The largest absolute Gasteiger partial charge is 0.348 e. The van der Waals surface area contributed by atoms with E-state index < -0.39 is 0 Å². The monoisotopic (exact) mass is 316 g/mol. The van der Waals surface area contributed by atoms with E-state index in [0.717, 1.165) is 25.7 Å². The molecule has 23 heavy (non-hydrogen) atoms. The summed E-state index contributed by atoms with van der Waals surface area (Å²) in [4.78, 5) is 23.7. The molecular formula is C19H28N2O2. The van der Waals surface area contributed by atoms with Gasteiger partial charge in [0.1, 0.15) is 0 Å². The maximum Gasteiger partial charge on any atom is 0.239 e. The molecule has 0 saturated carbocycles. The molecule has 4 heteroatoms. The van der Waals surface area contributed by atoms with E-state index in [-0.39, 0.29) is 24.4 Å². The smallest absolute Gasteiger partial charge is 0.239 e. The molecule has 1 aromatic rings. The Kier molecular flexibility index (Phi) is 7.11. The zero-order valence-electron chi connectivity index (χ0n) is 14.1. The first-order valence-corrected chi connectivity index (χ1v) is 8.84. The zero-order valence-corrected chi connectivity index (χ0v) is 14.1. The molecule has 0 aliphatic heterocycles. The van der Waals surface area contributed by atoms with Crippen molar-refractivity contribution in [2.24, 2.45) is 0 Å². The minimum atomic E-state index is -0.106.